The molecule has 0 spiro atoms. The molecule has 0 saturated carbocycles. The minimum Gasteiger partial charge on any atom is -0.376 e. The first kappa shape index (κ1) is 18.0. The highest BCUT2D eigenvalue weighted by molar-refractivity contribution is 7.09. The van der Waals surface area contributed by atoms with E-state index in [2.05, 4.69) is 29.2 Å². The topological polar surface area (TPSA) is 68.5 Å². The average molecular weight is 359 g/mol. The minimum atomic E-state index is 0.00917. The fourth-order valence-electron chi connectivity index (χ4n) is 3.03. The molecule has 3 rings (SSSR count). The van der Waals surface area contributed by atoms with Gasteiger partial charge in [-0.15, -0.1) is 11.3 Å². The summed E-state index contributed by atoms with van der Waals surface area (Å²) < 4.78 is 5.96. The summed E-state index contributed by atoms with van der Waals surface area (Å²) in [5.41, 5.74) is 7.42. The summed E-state index contributed by atoms with van der Waals surface area (Å²) in [7, 11) is 0. The highest BCUT2D eigenvalue weighted by Crippen LogP contribution is 2.18. The molecule has 0 aliphatic carbocycles. The Kier molecular flexibility index (Phi) is 6.55. The van der Waals surface area contributed by atoms with E-state index >= 15 is 0 Å². The molecule has 2 aromatic rings. The Labute approximate surface area is 152 Å². The number of amides is 1. The first-order valence-corrected chi connectivity index (χ1v) is 9.73. The van der Waals surface area contributed by atoms with Crippen LogP contribution >= 0.6 is 11.3 Å². The van der Waals surface area contributed by atoms with Crippen molar-refractivity contribution in [3.63, 3.8) is 0 Å². The molecular weight excluding hydrogens is 334 g/mol. The standard InChI is InChI=1S/C19H25N3O2S/c20-10-8-18-21-17(14-25-18)19(23)22-11-9-16(13-22)24-12-4-7-15-5-2-1-3-6-15/h1-3,5-6,14,16H,4,7-13,20H2. The number of benzene rings is 1. The fourth-order valence-corrected chi connectivity index (χ4v) is 3.82. The number of hydrogen-bond acceptors (Lipinski definition) is 5. The third kappa shape index (κ3) is 5.11. The van der Waals surface area contributed by atoms with Gasteiger partial charge in [-0.05, 0) is 31.4 Å². The van der Waals surface area contributed by atoms with Gasteiger partial charge in [-0.2, -0.15) is 0 Å². The van der Waals surface area contributed by atoms with E-state index in [1.165, 1.54) is 16.9 Å². The van der Waals surface area contributed by atoms with Crippen LogP contribution in [0.1, 0.15) is 33.9 Å². The van der Waals surface area contributed by atoms with Gasteiger partial charge in [0, 0.05) is 31.5 Å². The normalized spacial score (nSPS) is 17.2. The van der Waals surface area contributed by atoms with Gasteiger partial charge in [-0.3, -0.25) is 4.79 Å². The Balaban J connectivity index is 1.39. The molecule has 1 fully saturated rings. The third-order valence-electron chi connectivity index (χ3n) is 4.37. The van der Waals surface area contributed by atoms with Crippen molar-refractivity contribution in [3.8, 4) is 0 Å². The van der Waals surface area contributed by atoms with E-state index in [9.17, 15) is 4.79 Å². The molecule has 2 N–H and O–H groups in total. The van der Waals surface area contributed by atoms with E-state index in [1.807, 2.05) is 16.3 Å². The lowest BCUT2D eigenvalue weighted by Gasteiger charge is -2.15. The van der Waals surface area contributed by atoms with Crippen LogP contribution in [0, 0.1) is 0 Å². The van der Waals surface area contributed by atoms with Crippen molar-refractivity contribution in [2.45, 2.75) is 31.8 Å². The molecule has 134 valence electrons. The molecule has 1 unspecified atom stereocenters. The molecule has 2 heterocycles. The Hall–Kier alpha value is -1.76. The summed E-state index contributed by atoms with van der Waals surface area (Å²) in [5, 5.41) is 2.76. The van der Waals surface area contributed by atoms with Crippen molar-refractivity contribution in [1.82, 2.24) is 9.88 Å². The summed E-state index contributed by atoms with van der Waals surface area (Å²) in [5.74, 6) is 0.00917. The maximum absolute atomic E-state index is 12.5. The van der Waals surface area contributed by atoms with Crippen LogP contribution in [0.4, 0.5) is 0 Å². The summed E-state index contributed by atoms with van der Waals surface area (Å²) >= 11 is 1.51. The number of carbonyl (C=O) groups is 1. The molecule has 0 radical (unpaired) electrons. The van der Waals surface area contributed by atoms with Gasteiger partial charge in [-0.25, -0.2) is 4.98 Å². The Morgan fingerprint density at radius 3 is 2.96 bits per heavy atom. The Morgan fingerprint density at radius 2 is 2.16 bits per heavy atom. The van der Waals surface area contributed by atoms with Gasteiger partial charge < -0.3 is 15.4 Å². The second-order valence-corrected chi connectivity index (χ2v) is 7.23. The van der Waals surface area contributed by atoms with Crippen LogP contribution < -0.4 is 5.73 Å². The largest absolute Gasteiger partial charge is 0.376 e. The van der Waals surface area contributed by atoms with Gasteiger partial charge in [0.2, 0.25) is 0 Å². The lowest BCUT2D eigenvalue weighted by Crippen LogP contribution is -2.30. The quantitative estimate of drug-likeness (QED) is 0.736. The van der Waals surface area contributed by atoms with Crippen molar-refractivity contribution in [3.05, 3.63) is 52.0 Å². The van der Waals surface area contributed by atoms with Gasteiger partial charge in [-0.1, -0.05) is 30.3 Å². The first-order valence-electron chi connectivity index (χ1n) is 8.85. The summed E-state index contributed by atoms with van der Waals surface area (Å²) in [6.07, 6.45) is 3.80. The smallest absolute Gasteiger partial charge is 0.273 e. The molecule has 1 atom stereocenters. The van der Waals surface area contributed by atoms with E-state index in [0.29, 0.717) is 18.8 Å². The average Bonchev–Trinajstić information content (AvgIpc) is 3.29. The zero-order valence-electron chi connectivity index (χ0n) is 14.4. The van der Waals surface area contributed by atoms with E-state index in [-0.39, 0.29) is 12.0 Å². The number of aromatic nitrogens is 1. The van der Waals surface area contributed by atoms with Crippen molar-refractivity contribution in [1.29, 1.82) is 0 Å². The lowest BCUT2D eigenvalue weighted by molar-refractivity contribution is 0.0523. The maximum atomic E-state index is 12.5. The van der Waals surface area contributed by atoms with Crippen molar-refractivity contribution < 1.29 is 9.53 Å². The summed E-state index contributed by atoms with van der Waals surface area (Å²) in [6.45, 7) is 2.70. The zero-order valence-corrected chi connectivity index (χ0v) is 15.2. The molecular formula is C19H25N3O2S. The molecule has 1 aromatic heterocycles. The van der Waals surface area contributed by atoms with Gasteiger partial charge in [0.1, 0.15) is 5.69 Å². The first-order chi connectivity index (χ1) is 12.3. The molecule has 6 heteroatoms. The molecule has 1 amide bonds. The number of likely N-dealkylation sites (tertiary alicyclic amines) is 1. The predicted octanol–water partition coefficient (Wildman–Crippen LogP) is 2.51. The van der Waals surface area contributed by atoms with Crippen LogP contribution in [-0.4, -0.2) is 48.1 Å². The molecule has 1 aliphatic rings. The van der Waals surface area contributed by atoms with Crippen molar-refractivity contribution >= 4 is 17.2 Å². The van der Waals surface area contributed by atoms with Gasteiger partial charge >= 0.3 is 0 Å². The van der Waals surface area contributed by atoms with Crippen LogP contribution in [0.15, 0.2) is 35.7 Å². The highest BCUT2D eigenvalue weighted by atomic mass is 32.1. The van der Waals surface area contributed by atoms with E-state index in [0.717, 1.165) is 43.8 Å². The second kappa shape index (κ2) is 9.08. The number of aryl methyl sites for hydroxylation is 1. The van der Waals surface area contributed by atoms with Crippen molar-refractivity contribution in [2.75, 3.05) is 26.2 Å². The number of nitrogens with two attached hydrogens (primary N) is 1. The highest BCUT2D eigenvalue weighted by Gasteiger charge is 2.28. The van der Waals surface area contributed by atoms with Crippen LogP contribution in [-0.2, 0) is 17.6 Å². The number of thiazole rings is 1. The number of ether oxygens (including phenoxy) is 1. The monoisotopic (exact) mass is 359 g/mol. The van der Waals surface area contributed by atoms with E-state index in [4.69, 9.17) is 10.5 Å². The zero-order chi connectivity index (χ0) is 17.5. The van der Waals surface area contributed by atoms with Crippen LogP contribution in [0.5, 0.6) is 0 Å². The summed E-state index contributed by atoms with van der Waals surface area (Å²) in [4.78, 5) is 18.7. The molecule has 1 aromatic carbocycles. The Bertz CT molecular complexity index is 674. The summed E-state index contributed by atoms with van der Waals surface area (Å²) in [6, 6.07) is 10.4. The van der Waals surface area contributed by atoms with Gasteiger partial charge in [0.05, 0.1) is 11.1 Å². The number of hydrogen-bond donors (Lipinski definition) is 1. The van der Waals surface area contributed by atoms with Crippen LogP contribution in [0.25, 0.3) is 0 Å². The molecule has 5 nitrogen and oxygen atoms in total. The molecule has 0 bridgehead atoms. The SMILES string of the molecule is NCCc1nc(C(=O)N2CCC(OCCCc3ccccc3)C2)cs1. The second-order valence-electron chi connectivity index (χ2n) is 6.29. The molecule has 1 aliphatic heterocycles. The molecule has 25 heavy (non-hydrogen) atoms. The van der Waals surface area contributed by atoms with E-state index < -0.39 is 0 Å². The van der Waals surface area contributed by atoms with Gasteiger partial charge in [0.15, 0.2) is 0 Å². The van der Waals surface area contributed by atoms with Gasteiger partial charge in [0.25, 0.3) is 5.91 Å². The number of nitrogens with zero attached hydrogens (tertiary/aromatic N) is 2. The van der Waals surface area contributed by atoms with Crippen LogP contribution in [0.2, 0.25) is 0 Å². The number of carbonyl (C=O) groups excluding carboxylic acids is 1. The Morgan fingerprint density at radius 1 is 1.32 bits per heavy atom. The number of rotatable bonds is 8. The van der Waals surface area contributed by atoms with Crippen LogP contribution in [0.3, 0.4) is 0 Å². The lowest BCUT2D eigenvalue weighted by atomic mass is 10.1. The fraction of sp³-hybridized carbons (Fsp3) is 0.474. The van der Waals surface area contributed by atoms with E-state index in [1.54, 1.807) is 0 Å². The maximum Gasteiger partial charge on any atom is 0.273 e. The molecule has 1 saturated heterocycles. The predicted molar refractivity (Wildman–Crippen MR) is 99.9 cm³/mol. The third-order valence-corrected chi connectivity index (χ3v) is 5.28. The minimum absolute atomic E-state index is 0.00917. The van der Waals surface area contributed by atoms with Crippen molar-refractivity contribution in [2.24, 2.45) is 5.73 Å².